The summed E-state index contributed by atoms with van der Waals surface area (Å²) in [6.07, 6.45) is 4.52. The van der Waals surface area contributed by atoms with Crippen molar-refractivity contribution in [3.63, 3.8) is 0 Å². The molecule has 11 heavy (non-hydrogen) atoms. The van der Waals surface area contributed by atoms with Gasteiger partial charge in [0.2, 0.25) is 5.91 Å². The van der Waals surface area contributed by atoms with Gasteiger partial charge in [-0.25, -0.2) is 5.01 Å². The molecule has 0 aromatic rings. The summed E-state index contributed by atoms with van der Waals surface area (Å²) >= 11 is 0. The first kappa shape index (κ1) is 10.8. The lowest BCUT2D eigenvalue weighted by Gasteiger charge is -2.16. The number of hydrogen-bond donors (Lipinski definition) is 0. The number of hydrazine groups is 1. The molecule has 1 saturated heterocycles. The van der Waals surface area contributed by atoms with Crippen LogP contribution in [0.5, 0.6) is 0 Å². The maximum absolute atomic E-state index is 10.9. The molecule has 0 N–H and O–H groups in total. The fourth-order valence-corrected chi connectivity index (χ4v) is 1.23. The Morgan fingerprint density at radius 2 is 2.09 bits per heavy atom. The van der Waals surface area contributed by atoms with Gasteiger partial charge in [-0.15, -0.1) is 24.8 Å². The van der Waals surface area contributed by atoms with Crippen LogP contribution in [0, 0.1) is 0 Å². The van der Waals surface area contributed by atoms with E-state index in [1.807, 2.05) is 17.3 Å². The van der Waals surface area contributed by atoms with Crippen molar-refractivity contribution in [2.75, 3.05) is 13.1 Å². The molecule has 0 aromatic carbocycles. The molecule has 2 rings (SSSR count). The van der Waals surface area contributed by atoms with Crippen LogP contribution in [0.4, 0.5) is 0 Å². The third kappa shape index (κ3) is 1.67. The molecule has 0 spiro atoms. The molecule has 1 fully saturated rings. The van der Waals surface area contributed by atoms with Crippen LogP contribution in [0.2, 0.25) is 0 Å². The second-order valence-electron chi connectivity index (χ2n) is 2.29. The summed E-state index contributed by atoms with van der Waals surface area (Å²) in [6.45, 7) is 1.80. The van der Waals surface area contributed by atoms with Gasteiger partial charge in [0.25, 0.3) is 0 Å². The topological polar surface area (TPSA) is 23.6 Å². The van der Waals surface area contributed by atoms with Gasteiger partial charge in [0.15, 0.2) is 0 Å². The number of fused-ring (bicyclic) bond motifs is 1. The Morgan fingerprint density at radius 1 is 1.36 bits per heavy atom. The number of rotatable bonds is 0. The molecule has 0 aromatic heterocycles. The smallest absolute Gasteiger partial charge is 0.242 e. The number of amides is 1. The van der Waals surface area contributed by atoms with Crippen molar-refractivity contribution in [2.24, 2.45) is 0 Å². The molecular weight excluding hydrogens is 187 g/mol. The number of nitrogens with zero attached hydrogens (tertiary/aromatic N) is 2. The molecule has 0 aliphatic carbocycles. The third-order valence-electron chi connectivity index (χ3n) is 1.71. The van der Waals surface area contributed by atoms with Crippen LogP contribution in [0.1, 0.15) is 6.42 Å². The van der Waals surface area contributed by atoms with Crippen molar-refractivity contribution < 1.29 is 4.79 Å². The third-order valence-corrected chi connectivity index (χ3v) is 1.71. The molecular formula is C6H10Cl2N2O. The second-order valence-corrected chi connectivity index (χ2v) is 2.29. The zero-order valence-electron chi connectivity index (χ0n) is 5.90. The van der Waals surface area contributed by atoms with E-state index in [4.69, 9.17) is 0 Å². The largest absolute Gasteiger partial charge is 0.273 e. The highest BCUT2D eigenvalue weighted by atomic mass is 35.5. The Morgan fingerprint density at radius 3 is 2.73 bits per heavy atom. The minimum atomic E-state index is 0. The minimum Gasteiger partial charge on any atom is -0.273 e. The summed E-state index contributed by atoms with van der Waals surface area (Å²) in [7, 11) is 0. The van der Waals surface area contributed by atoms with Gasteiger partial charge in [0.1, 0.15) is 0 Å². The molecule has 0 bridgehead atoms. The van der Waals surface area contributed by atoms with Crippen LogP contribution < -0.4 is 0 Å². The maximum Gasteiger partial charge on any atom is 0.242 e. The number of hydrogen-bond acceptors (Lipinski definition) is 2. The zero-order valence-corrected chi connectivity index (χ0v) is 7.53. The van der Waals surface area contributed by atoms with Crippen molar-refractivity contribution in [3.8, 4) is 0 Å². The van der Waals surface area contributed by atoms with Crippen molar-refractivity contribution in [2.45, 2.75) is 6.42 Å². The lowest BCUT2D eigenvalue weighted by Crippen LogP contribution is -2.29. The zero-order chi connectivity index (χ0) is 6.27. The molecule has 0 saturated carbocycles. The van der Waals surface area contributed by atoms with E-state index in [1.54, 1.807) is 5.01 Å². The molecule has 5 heteroatoms. The highest BCUT2D eigenvalue weighted by molar-refractivity contribution is 5.85. The van der Waals surface area contributed by atoms with E-state index in [9.17, 15) is 4.79 Å². The van der Waals surface area contributed by atoms with Crippen molar-refractivity contribution in [1.82, 2.24) is 10.0 Å². The van der Waals surface area contributed by atoms with Crippen molar-refractivity contribution in [3.05, 3.63) is 12.3 Å². The van der Waals surface area contributed by atoms with E-state index in [-0.39, 0.29) is 30.7 Å². The lowest BCUT2D eigenvalue weighted by atomic mass is 10.4. The molecule has 1 amide bonds. The predicted molar refractivity (Wildman–Crippen MR) is 46.7 cm³/mol. The first-order chi connectivity index (χ1) is 4.38. The SMILES string of the molecule is Cl.Cl.O=C1CCN2CC=CN12. The molecule has 0 radical (unpaired) electrons. The monoisotopic (exact) mass is 196 g/mol. The number of carbonyl (C=O) groups excluding carboxylic acids is 1. The minimum absolute atomic E-state index is 0. The average molecular weight is 197 g/mol. The van der Waals surface area contributed by atoms with Crippen molar-refractivity contribution in [1.29, 1.82) is 0 Å². The molecule has 2 aliphatic heterocycles. The fourth-order valence-electron chi connectivity index (χ4n) is 1.23. The summed E-state index contributed by atoms with van der Waals surface area (Å²) < 4.78 is 0. The molecule has 2 aliphatic rings. The van der Waals surface area contributed by atoms with E-state index in [0.717, 1.165) is 13.1 Å². The summed E-state index contributed by atoms with van der Waals surface area (Å²) in [6, 6.07) is 0. The van der Waals surface area contributed by atoms with Gasteiger partial charge in [-0.05, 0) is 0 Å². The summed E-state index contributed by atoms with van der Waals surface area (Å²) in [4.78, 5) is 10.9. The Balaban J connectivity index is 0.000000500. The van der Waals surface area contributed by atoms with E-state index in [1.165, 1.54) is 0 Å². The Bertz CT molecular complexity index is 183. The highest BCUT2D eigenvalue weighted by Gasteiger charge is 2.28. The van der Waals surface area contributed by atoms with Crippen LogP contribution in [0.25, 0.3) is 0 Å². The van der Waals surface area contributed by atoms with Gasteiger partial charge >= 0.3 is 0 Å². The van der Waals surface area contributed by atoms with E-state index >= 15 is 0 Å². The van der Waals surface area contributed by atoms with E-state index in [2.05, 4.69) is 0 Å². The van der Waals surface area contributed by atoms with Crippen LogP contribution in [-0.2, 0) is 4.79 Å². The molecule has 3 nitrogen and oxygen atoms in total. The quantitative estimate of drug-likeness (QED) is 0.573. The summed E-state index contributed by atoms with van der Waals surface area (Å²) in [5, 5.41) is 3.72. The number of carbonyl (C=O) groups is 1. The van der Waals surface area contributed by atoms with E-state index < -0.39 is 0 Å². The highest BCUT2D eigenvalue weighted by Crippen LogP contribution is 2.16. The standard InChI is InChI=1S/C6H8N2O.2ClH/c9-6-2-5-7-3-1-4-8(6)7;;/h1,4H,2-3,5H2;2*1H. The second kappa shape index (κ2) is 3.95. The van der Waals surface area contributed by atoms with Crippen LogP contribution in [0.15, 0.2) is 12.3 Å². The molecule has 2 heterocycles. The van der Waals surface area contributed by atoms with E-state index in [0.29, 0.717) is 6.42 Å². The normalized spacial score (nSPS) is 21.1. The summed E-state index contributed by atoms with van der Waals surface area (Å²) in [5.41, 5.74) is 0. The van der Waals surface area contributed by atoms with Gasteiger partial charge in [0, 0.05) is 25.7 Å². The van der Waals surface area contributed by atoms with Crippen LogP contribution in [-0.4, -0.2) is 29.0 Å². The van der Waals surface area contributed by atoms with Gasteiger partial charge in [-0.3, -0.25) is 9.80 Å². The lowest BCUT2D eigenvalue weighted by molar-refractivity contribution is -0.131. The van der Waals surface area contributed by atoms with Gasteiger partial charge in [0.05, 0.1) is 0 Å². The Hall–Kier alpha value is -0.250. The summed E-state index contributed by atoms with van der Waals surface area (Å²) in [5.74, 6) is 0.226. The maximum atomic E-state index is 10.9. The van der Waals surface area contributed by atoms with Gasteiger partial charge in [-0.1, -0.05) is 6.08 Å². The fraction of sp³-hybridized carbons (Fsp3) is 0.500. The molecule has 64 valence electrons. The Kier molecular flexibility index (Phi) is 3.86. The molecule has 0 atom stereocenters. The average Bonchev–Trinajstić information content (AvgIpc) is 2.35. The van der Waals surface area contributed by atoms with Gasteiger partial charge in [-0.2, -0.15) is 0 Å². The first-order valence-electron chi connectivity index (χ1n) is 3.11. The first-order valence-corrected chi connectivity index (χ1v) is 3.11. The van der Waals surface area contributed by atoms with Crippen LogP contribution >= 0.6 is 24.8 Å². The van der Waals surface area contributed by atoms with Gasteiger partial charge < -0.3 is 0 Å². The number of halogens is 2. The molecule has 0 unspecified atom stereocenters. The Labute approximate surface area is 77.8 Å². The van der Waals surface area contributed by atoms with Crippen molar-refractivity contribution >= 4 is 30.7 Å². The predicted octanol–water partition coefficient (Wildman–Crippen LogP) is 0.807. The van der Waals surface area contributed by atoms with Crippen LogP contribution in [0.3, 0.4) is 0 Å².